The van der Waals surface area contributed by atoms with E-state index in [1.165, 1.54) is 0 Å². The van der Waals surface area contributed by atoms with Gasteiger partial charge in [0, 0.05) is 9.50 Å². The van der Waals surface area contributed by atoms with Crippen molar-refractivity contribution in [1.82, 2.24) is 5.32 Å². The Hall–Kier alpha value is -1.03. The summed E-state index contributed by atoms with van der Waals surface area (Å²) >= 11 is 9.88. The average molecular weight is 369 g/mol. The smallest absolute Gasteiger partial charge is 0.119 e. The lowest BCUT2D eigenvalue weighted by molar-refractivity contribution is 0.413. The molecule has 4 heteroatoms. The molecule has 1 N–H and O–H groups in total. The summed E-state index contributed by atoms with van der Waals surface area (Å²) in [5, 5.41) is 4.31. The van der Waals surface area contributed by atoms with Gasteiger partial charge < -0.3 is 10.1 Å². The van der Waals surface area contributed by atoms with E-state index in [4.69, 9.17) is 16.3 Å². The van der Waals surface area contributed by atoms with E-state index in [1.807, 2.05) is 30.3 Å². The first-order valence-electron chi connectivity index (χ1n) is 6.98. The van der Waals surface area contributed by atoms with Crippen LogP contribution < -0.4 is 10.1 Å². The van der Waals surface area contributed by atoms with Crippen LogP contribution in [0.3, 0.4) is 0 Å². The van der Waals surface area contributed by atoms with Crippen molar-refractivity contribution in [2.45, 2.75) is 19.4 Å². The third-order valence-electron chi connectivity index (χ3n) is 3.30. The summed E-state index contributed by atoms with van der Waals surface area (Å²) in [5.41, 5.74) is 2.22. The predicted molar refractivity (Wildman–Crippen MR) is 92.3 cm³/mol. The molecule has 0 fully saturated rings. The van der Waals surface area contributed by atoms with Crippen LogP contribution in [-0.4, -0.2) is 13.7 Å². The van der Waals surface area contributed by atoms with Crippen LogP contribution in [0, 0.1) is 0 Å². The second-order valence-electron chi connectivity index (χ2n) is 4.83. The van der Waals surface area contributed by atoms with Gasteiger partial charge >= 0.3 is 0 Å². The fraction of sp³-hybridized carbons (Fsp3) is 0.294. The highest BCUT2D eigenvalue weighted by Crippen LogP contribution is 2.31. The first kappa shape index (κ1) is 16.3. The van der Waals surface area contributed by atoms with E-state index in [1.54, 1.807) is 7.11 Å². The van der Waals surface area contributed by atoms with Crippen molar-refractivity contribution in [1.29, 1.82) is 0 Å². The summed E-state index contributed by atoms with van der Waals surface area (Å²) in [6, 6.07) is 14.1. The van der Waals surface area contributed by atoms with Gasteiger partial charge in [0.25, 0.3) is 0 Å². The van der Waals surface area contributed by atoms with Gasteiger partial charge in [0.1, 0.15) is 5.75 Å². The highest BCUT2D eigenvalue weighted by molar-refractivity contribution is 9.10. The maximum absolute atomic E-state index is 6.43. The van der Waals surface area contributed by atoms with Crippen molar-refractivity contribution in [3.05, 3.63) is 63.1 Å². The number of ether oxygens (including phenoxy) is 1. The normalized spacial score (nSPS) is 12.2. The molecule has 0 bridgehead atoms. The molecule has 0 saturated carbocycles. The number of nitrogens with one attached hydrogen (secondary N) is 1. The molecule has 2 rings (SSSR count). The minimum atomic E-state index is 0.0562. The molecule has 0 heterocycles. The zero-order chi connectivity index (χ0) is 15.2. The zero-order valence-electron chi connectivity index (χ0n) is 12.2. The molecule has 0 radical (unpaired) electrons. The average Bonchev–Trinajstić information content (AvgIpc) is 2.49. The van der Waals surface area contributed by atoms with Gasteiger partial charge in [0.2, 0.25) is 0 Å². The standard InChI is InChI=1S/C17H19BrClNO/c1-3-9-20-17(12-5-4-6-14(10-12)21-2)15-8-7-13(18)11-16(15)19/h4-8,10-11,17,20H,3,9H2,1-2H3. The van der Waals surface area contributed by atoms with Crippen molar-refractivity contribution in [3.8, 4) is 5.75 Å². The molecular formula is C17H19BrClNO. The molecule has 0 spiro atoms. The van der Waals surface area contributed by atoms with E-state index in [0.29, 0.717) is 0 Å². The molecule has 0 aliphatic heterocycles. The number of rotatable bonds is 6. The maximum Gasteiger partial charge on any atom is 0.119 e. The number of hydrogen-bond acceptors (Lipinski definition) is 2. The van der Waals surface area contributed by atoms with Crippen LogP contribution in [0.2, 0.25) is 5.02 Å². The molecule has 2 nitrogen and oxygen atoms in total. The lowest BCUT2D eigenvalue weighted by Gasteiger charge is -2.21. The van der Waals surface area contributed by atoms with Crippen LogP contribution in [0.4, 0.5) is 0 Å². The van der Waals surface area contributed by atoms with Gasteiger partial charge in [-0.05, 0) is 48.4 Å². The fourth-order valence-corrected chi connectivity index (χ4v) is 3.04. The van der Waals surface area contributed by atoms with E-state index < -0.39 is 0 Å². The summed E-state index contributed by atoms with van der Waals surface area (Å²) in [7, 11) is 1.68. The summed E-state index contributed by atoms with van der Waals surface area (Å²) < 4.78 is 6.31. The Labute approximate surface area is 139 Å². The molecule has 0 aliphatic rings. The second kappa shape index (κ2) is 7.83. The van der Waals surface area contributed by atoms with Gasteiger partial charge in [0.05, 0.1) is 13.2 Å². The highest BCUT2D eigenvalue weighted by Gasteiger charge is 2.17. The first-order chi connectivity index (χ1) is 10.2. The Morgan fingerprint density at radius 2 is 2.05 bits per heavy atom. The molecule has 0 aliphatic carbocycles. The van der Waals surface area contributed by atoms with Crippen LogP contribution in [0.25, 0.3) is 0 Å². The Balaban J connectivity index is 2.41. The Morgan fingerprint density at radius 3 is 2.71 bits per heavy atom. The SMILES string of the molecule is CCCNC(c1cccc(OC)c1)c1ccc(Br)cc1Cl. The molecule has 0 aromatic heterocycles. The van der Waals surface area contributed by atoms with Crippen LogP contribution >= 0.6 is 27.5 Å². The topological polar surface area (TPSA) is 21.3 Å². The molecule has 0 amide bonds. The van der Waals surface area contributed by atoms with E-state index >= 15 is 0 Å². The van der Waals surface area contributed by atoms with Crippen LogP contribution in [-0.2, 0) is 0 Å². The van der Waals surface area contributed by atoms with Gasteiger partial charge in [-0.3, -0.25) is 0 Å². The summed E-state index contributed by atoms with van der Waals surface area (Å²) in [6.07, 6.45) is 1.06. The lowest BCUT2D eigenvalue weighted by atomic mass is 9.98. The second-order valence-corrected chi connectivity index (χ2v) is 6.15. The van der Waals surface area contributed by atoms with Crippen LogP contribution in [0.15, 0.2) is 46.9 Å². The van der Waals surface area contributed by atoms with Gasteiger partial charge in [-0.1, -0.05) is 52.7 Å². The number of halogens is 2. The number of methoxy groups -OCH3 is 1. The lowest BCUT2D eigenvalue weighted by Crippen LogP contribution is -2.23. The Bertz CT molecular complexity index is 603. The fourth-order valence-electron chi connectivity index (χ4n) is 2.25. The molecule has 112 valence electrons. The number of benzene rings is 2. The quantitative estimate of drug-likeness (QED) is 0.756. The largest absolute Gasteiger partial charge is 0.497 e. The molecule has 1 unspecified atom stereocenters. The molecule has 21 heavy (non-hydrogen) atoms. The van der Waals surface area contributed by atoms with E-state index in [0.717, 1.165) is 39.3 Å². The predicted octanol–water partition coefficient (Wildman–Crippen LogP) is 5.20. The third-order valence-corrected chi connectivity index (χ3v) is 4.12. The first-order valence-corrected chi connectivity index (χ1v) is 8.15. The van der Waals surface area contributed by atoms with Gasteiger partial charge in [-0.2, -0.15) is 0 Å². The van der Waals surface area contributed by atoms with Crippen molar-refractivity contribution in [2.24, 2.45) is 0 Å². The van der Waals surface area contributed by atoms with E-state index in [2.05, 4.69) is 40.3 Å². The van der Waals surface area contributed by atoms with Gasteiger partial charge in [0.15, 0.2) is 0 Å². The van der Waals surface area contributed by atoms with Crippen molar-refractivity contribution >= 4 is 27.5 Å². The minimum absolute atomic E-state index is 0.0562. The molecule has 2 aromatic carbocycles. The Kier molecular flexibility index (Phi) is 6.09. The summed E-state index contributed by atoms with van der Waals surface area (Å²) in [4.78, 5) is 0. The van der Waals surface area contributed by atoms with E-state index in [-0.39, 0.29) is 6.04 Å². The number of hydrogen-bond donors (Lipinski definition) is 1. The Morgan fingerprint density at radius 1 is 1.24 bits per heavy atom. The van der Waals surface area contributed by atoms with E-state index in [9.17, 15) is 0 Å². The molecular weight excluding hydrogens is 350 g/mol. The van der Waals surface area contributed by atoms with Gasteiger partial charge in [-0.15, -0.1) is 0 Å². The molecule has 1 atom stereocenters. The van der Waals surface area contributed by atoms with Crippen molar-refractivity contribution < 1.29 is 4.74 Å². The molecule has 2 aromatic rings. The van der Waals surface area contributed by atoms with Crippen molar-refractivity contribution in [3.63, 3.8) is 0 Å². The maximum atomic E-state index is 6.43. The van der Waals surface area contributed by atoms with Gasteiger partial charge in [-0.25, -0.2) is 0 Å². The van der Waals surface area contributed by atoms with Crippen molar-refractivity contribution in [2.75, 3.05) is 13.7 Å². The van der Waals surface area contributed by atoms with Crippen LogP contribution in [0.5, 0.6) is 5.75 Å². The molecule has 0 saturated heterocycles. The summed E-state index contributed by atoms with van der Waals surface area (Å²) in [5.74, 6) is 0.851. The third kappa shape index (κ3) is 4.22. The zero-order valence-corrected chi connectivity index (χ0v) is 14.5. The monoisotopic (exact) mass is 367 g/mol. The summed E-state index contributed by atoms with van der Waals surface area (Å²) in [6.45, 7) is 3.08. The highest BCUT2D eigenvalue weighted by atomic mass is 79.9. The van der Waals surface area contributed by atoms with Crippen LogP contribution in [0.1, 0.15) is 30.5 Å². The minimum Gasteiger partial charge on any atom is -0.497 e.